The van der Waals surface area contributed by atoms with E-state index in [1.54, 1.807) is 7.11 Å². The van der Waals surface area contributed by atoms with Gasteiger partial charge in [0, 0.05) is 38.6 Å². The van der Waals surface area contributed by atoms with Crippen LogP contribution < -0.4 is 0 Å². The molecule has 0 bridgehead atoms. The molecule has 0 radical (unpaired) electrons. The Bertz CT molecular complexity index is 251. The van der Waals surface area contributed by atoms with E-state index in [1.807, 2.05) is 0 Å². The third-order valence-electron chi connectivity index (χ3n) is 4.43. The molecule has 1 aliphatic rings. The standard InChI is InChI=1S/C16H31NO2/c1-4-15(5-2)17(11-12-19-3)13-14-9-7-6-8-10-16(14)18/h14-15H,4-13H2,1-3H3. The maximum Gasteiger partial charge on any atom is 0.137 e. The highest BCUT2D eigenvalue weighted by Gasteiger charge is 2.25. The molecule has 0 spiro atoms. The fraction of sp³-hybridized carbons (Fsp3) is 0.938. The van der Waals surface area contributed by atoms with Crippen molar-refractivity contribution in [1.82, 2.24) is 4.90 Å². The minimum Gasteiger partial charge on any atom is -0.383 e. The summed E-state index contributed by atoms with van der Waals surface area (Å²) in [5.41, 5.74) is 0. The van der Waals surface area contributed by atoms with Crippen LogP contribution in [0.15, 0.2) is 0 Å². The molecule has 0 aliphatic heterocycles. The lowest BCUT2D eigenvalue weighted by Gasteiger charge is -2.32. The Hall–Kier alpha value is -0.410. The first kappa shape index (κ1) is 16.6. The van der Waals surface area contributed by atoms with Crippen LogP contribution in [-0.4, -0.2) is 43.5 Å². The van der Waals surface area contributed by atoms with Crippen molar-refractivity contribution in [3.05, 3.63) is 0 Å². The van der Waals surface area contributed by atoms with Gasteiger partial charge in [-0.3, -0.25) is 9.69 Å². The number of Topliss-reactive ketones (excluding diaryl/α,β-unsaturated/α-hetero) is 1. The van der Waals surface area contributed by atoms with Crippen molar-refractivity contribution in [2.75, 3.05) is 26.8 Å². The molecule has 0 aromatic heterocycles. The molecule has 1 fully saturated rings. The Morgan fingerprint density at radius 3 is 2.63 bits per heavy atom. The van der Waals surface area contributed by atoms with E-state index < -0.39 is 0 Å². The summed E-state index contributed by atoms with van der Waals surface area (Å²) in [6.07, 6.45) is 7.73. The van der Waals surface area contributed by atoms with Crippen LogP contribution in [-0.2, 0) is 9.53 Å². The summed E-state index contributed by atoms with van der Waals surface area (Å²) in [5.74, 6) is 0.755. The van der Waals surface area contributed by atoms with Crippen molar-refractivity contribution in [3.8, 4) is 0 Å². The molecule has 0 heterocycles. The first-order valence-corrected chi connectivity index (χ1v) is 7.98. The molecule has 0 amide bonds. The second-order valence-electron chi connectivity index (χ2n) is 5.72. The highest BCUT2D eigenvalue weighted by molar-refractivity contribution is 5.81. The summed E-state index contributed by atoms with van der Waals surface area (Å²) >= 11 is 0. The second-order valence-corrected chi connectivity index (χ2v) is 5.72. The van der Waals surface area contributed by atoms with Crippen molar-refractivity contribution in [1.29, 1.82) is 0 Å². The van der Waals surface area contributed by atoms with Crippen molar-refractivity contribution < 1.29 is 9.53 Å². The van der Waals surface area contributed by atoms with Gasteiger partial charge in [-0.05, 0) is 25.7 Å². The van der Waals surface area contributed by atoms with Gasteiger partial charge >= 0.3 is 0 Å². The fourth-order valence-corrected chi connectivity index (χ4v) is 3.14. The molecule has 3 nitrogen and oxygen atoms in total. The highest BCUT2D eigenvalue weighted by atomic mass is 16.5. The van der Waals surface area contributed by atoms with Crippen molar-refractivity contribution in [2.24, 2.45) is 5.92 Å². The van der Waals surface area contributed by atoms with Gasteiger partial charge in [-0.1, -0.05) is 26.7 Å². The molecular formula is C16H31NO2. The van der Waals surface area contributed by atoms with E-state index in [0.29, 0.717) is 11.8 Å². The number of methoxy groups -OCH3 is 1. The monoisotopic (exact) mass is 269 g/mol. The fourth-order valence-electron chi connectivity index (χ4n) is 3.14. The zero-order chi connectivity index (χ0) is 14.1. The lowest BCUT2D eigenvalue weighted by Crippen LogP contribution is -2.41. The quantitative estimate of drug-likeness (QED) is 0.633. The van der Waals surface area contributed by atoms with Gasteiger partial charge < -0.3 is 4.74 Å². The maximum absolute atomic E-state index is 12.2. The normalized spacial score (nSPS) is 21.1. The molecule has 1 unspecified atom stereocenters. The van der Waals surface area contributed by atoms with Gasteiger partial charge in [-0.25, -0.2) is 0 Å². The van der Waals surface area contributed by atoms with Crippen LogP contribution in [0.3, 0.4) is 0 Å². The number of carbonyl (C=O) groups is 1. The predicted molar refractivity (Wildman–Crippen MR) is 79.4 cm³/mol. The van der Waals surface area contributed by atoms with Crippen LogP contribution in [0.2, 0.25) is 0 Å². The summed E-state index contributed by atoms with van der Waals surface area (Å²) in [5, 5.41) is 0. The summed E-state index contributed by atoms with van der Waals surface area (Å²) in [6.45, 7) is 7.13. The van der Waals surface area contributed by atoms with E-state index in [-0.39, 0.29) is 5.92 Å². The number of ether oxygens (including phenoxy) is 1. The van der Waals surface area contributed by atoms with Crippen molar-refractivity contribution >= 4 is 5.78 Å². The first-order valence-electron chi connectivity index (χ1n) is 7.98. The second kappa shape index (κ2) is 9.49. The molecule has 3 heteroatoms. The minimum absolute atomic E-state index is 0.264. The summed E-state index contributed by atoms with van der Waals surface area (Å²) in [6, 6.07) is 0.589. The number of carbonyl (C=O) groups excluding carboxylic acids is 1. The minimum atomic E-state index is 0.264. The highest BCUT2D eigenvalue weighted by Crippen LogP contribution is 2.22. The molecular weight excluding hydrogens is 238 g/mol. The summed E-state index contributed by atoms with van der Waals surface area (Å²) < 4.78 is 5.23. The topological polar surface area (TPSA) is 29.5 Å². The van der Waals surface area contributed by atoms with E-state index in [2.05, 4.69) is 18.7 Å². The maximum atomic E-state index is 12.2. The van der Waals surface area contributed by atoms with Crippen LogP contribution in [0.4, 0.5) is 0 Å². The van der Waals surface area contributed by atoms with Crippen LogP contribution in [0.1, 0.15) is 58.8 Å². The molecule has 112 valence electrons. The number of hydrogen-bond acceptors (Lipinski definition) is 3. The van der Waals surface area contributed by atoms with E-state index in [0.717, 1.165) is 51.8 Å². The number of rotatable bonds is 8. The zero-order valence-corrected chi connectivity index (χ0v) is 13.0. The van der Waals surface area contributed by atoms with Gasteiger partial charge in [-0.2, -0.15) is 0 Å². The number of hydrogen-bond donors (Lipinski definition) is 0. The zero-order valence-electron chi connectivity index (χ0n) is 13.0. The Kier molecular flexibility index (Phi) is 8.31. The van der Waals surface area contributed by atoms with Gasteiger partial charge in [0.2, 0.25) is 0 Å². The van der Waals surface area contributed by atoms with Gasteiger partial charge in [0.1, 0.15) is 5.78 Å². The van der Waals surface area contributed by atoms with Crippen LogP contribution >= 0.6 is 0 Å². The Morgan fingerprint density at radius 1 is 1.26 bits per heavy atom. The largest absolute Gasteiger partial charge is 0.383 e. The third-order valence-corrected chi connectivity index (χ3v) is 4.43. The molecule has 0 N–H and O–H groups in total. The van der Waals surface area contributed by atoms with Gasteiger partial charge in [0.15, 0.2) is 0 Å². The molecule has 1 aliphatic carbocycles. The lowest BCUT2D eigenvalue weighted by molar-refractivity contribution is -0.123. The summed E-state index contributed by atoms with van der Waals surface area (Å²) in [4.78, 5) is 14.6. The average Bonchev–Trinajstić information content (AvgIpc) is 2.62. The third kappa shape index (κ3) is 5.62. The van der Waals surface area contributed by atoms with Gasteiger partial charge in [0.05, 0.1) is 6.61 Å². The Morgan fingerprint density at radius 2 is 2.00 bits per heavy atom. The predicted octanol–water partition coefficient (Wildman–Crippen LogP) is 3.27. The van der Waals surface area contributed by atoms with Gasteiger partial charge in [-0.15, -0.1) is 0 Å². The SMILES string of the molecule is CCC(CC)N(CCOC)CC1CCCCCC1=O. The smallest absolute Gasteiger partial charge is 0.137 e. The molecule has 1 atom stereocenters. The van der Waals surface area contributed by atoms with E-state index in [4.69, 9.17) is 4.74 Å². The molecule has 0 aromatic carbocycles. The number of nitrogens with zero attached hydrogens (tertiary/aromatic N) is 1. The lowest BCUT2D eigenvalue weighted by atomic mass is 9.97. The molecule has 1 rings (SSSR count). The first-order chi connectivity index (χ1) is 9.22. The number of ketones is 1. The van der Waals surface area contributed by atoms with E-state index in [9.17, 15) is 4.79 Å². The van der Waals surface area contributed by atoms with E-state index in [1.165, 1.54) is 12.8 Å². The van der Waals surface area contributed by atoms with Gasteiger partial charge in [0.25, 0.3) is 0 Å². The Balaban J connectivity index is 2.60. The van der Waals surface area contributed by atoms with Crippen LogP contribution in [0, 0.1) is 5.92 Å². The van der Waals surface area contributed by atoms with Crippen molar-refractivity contribution in [3.63, 3.8) is 0 Å². The van der Waals surface area contributed by atoms with Crippen LogP contribution in [0.25, 0.3) is 0 Å². The van der Waals surface area contributed by atoms with Crippen molar-refractivity contribution in [2.45, 2.75) is 64.8 Å². The van der Waals surface area contributed by atoms with Crippen LogP contribution in [0.5, 0.6) is 0 Å². The van der Waals surface area contributed by atoms with E-state index >= 15 is 0 Å². The summed E-state index contributed by atoms with van der Waals surface area (Å²) in [7, 11) is 1.75. The molecule has 19 heavy (non-hydrogen) atoms. The molecule has 0 saturated heterocycles. The Labute approximate surface area is 118 Å². The molecule has 0 aromatic rings. The molecule has 1 saturated carbocycles. The average molecular weight is 269 g/mol.